The summed E-state index contributed by atoms with van der Waals surface area (Å²) in [5.74, 6) is -0.0122. The van der Waals surface area contributed by atoms with Gasteiger partial charge in [-0.25, -0.2) is 14.4 Å². The summed E-state index contributed by atoms with van der Waals surface area (Å²) in [6.07, 6.45) is 0. The lowest BCUT2D eigenvalue weighted by Gasteiger charge is -1.97. The monoisotopic (exact) mass is 297 g/mol. The van der Waals surface area contributed by atoms with Gasteiger partial charge in [0.05, 0.1) is 5.56 Å². The van der Waals surface area contributed by atoms with Crippen LogP contribution in [-0.2, 0) is 0 Å². The van der Waals surface area contributed by atoms with Gasteiger partial charge in [-0.3, -0.25) is 5.10 Å². The Morgan fingerprint density at radius 2 is 1.95 bits per heavy atom. The lowest BCUT2D eigenvalue weighted by molar-refractivity contribution is 0.630. The third kappa shape index (κ3) is 2.90. The minimum absolute atomic E-state index is 0.324. The molecule has 5 nitrogen and oxygen atoms in total. The first-order chi connectivity index (χ1) is 10.3. The molecule has 0 radical (unpaired) electrons. The normalized spacial score (nSPS) is 10.3. The van der Waals surface area contributed by atoms with E-state index in [9.17, 15) is 4.39 Å². The summed E-state index contributed by atoms with van der Waals surface area (Å²) in [5.41, 5.74) is 0.681. The summed E-state index contributed by atoms with van der Waals surface area (Å²) >= 11 is 1.20. The first kappa shape index (κ1) is 13.3. The fraction of sp³-hybridized carbons (Fsp3) is 0. The number of hydrogen-bond acceptors (Lipinski definition) is 5. The van der Waals surface area contributed by atoms with Crippen LogP contribution in [0, 0.1) is 17.1 Å². The number of nitrogens with one attached hydrogen (secondary N) is 1. The molecule has 102 valence electrons. The quantitative estimate of drug-likeness (QED) is 0.804. The standard InChI is InChI=1S/C14H8FN5S/c15-11-6-2-1-5-10(11)13-18-14(20-19-13)21-12-7-3-4-9(8-16)17-12/h1-7H,(H,18,19,20). The maximum Gasteiger partial charge on any atom is 0.215 e. The molecule has 0 aliphatic rings. The largest absolute Gasteiger partial charge is 0.258 e. The maximum absolute atomic E-state index is 13.7. The molecule has 0 saturated carbocycles. The van der Waals surface area contributed by atoms with Crippen LogP contribution >= 0.6 is 11.8 Å². The fourth-order valence-corrected chi connectivity index (χ4v) is 2.40. The zero-order valence-corrected chi connectivity index (χ0v) is 11.4. The number of halogens is 1. The summed E-state index contributed by atoms with van der Waals surface area (Å²) in [5, 5.41) is 16.5. The Bertz CT molecular complexity index is 824. The first-order valence-corrected chi connectivity index (χ1v) is 6.80. The summed E-state index contributed by atoms with van der Waals surface area (Å²) < 4.78 is 13.7. The third-order valence-corrected chi connectivity index (χ3v) is 3.43. The molecule has 3 rings (SSSR count). The smallest absolute Gasteiger partial charge is 0.215 e. The van der Waals surface area contributed by atoms with E-state index in [0.717, 1.165) is 0 Å². The Hall–Kier alpha value is -2.72. The number of H-pyrrole nitrogens is 1. The van der Waals surface area contributed by atoms with E-state index in [2.05, 4.69) is 20.2 Å². The van der Waals surface area contributed by atoms with Gasteiger partial charge in [-0.2, -0.15) is 5.26 Å². The molecule has 1 N–H and O–H groups in total. The molecule has 0 saturated heterocycles. The zero-order chi connectivity index (χ0) is 14.7. The Labute approximate surface area is 123 Å². The number of nitrogens with zero attached hydrogens (tertiary/aromatic N) is 4. The molecule has 0 spiro atoms. The Balaban J connectivity index is 1.86. The molecular formula is C14H8FN5S. The van der Waals surface area contributed by atoms with E-state index in [1.807, 2.05) is 6.07 Å². The highest BCUT2D eigenvalue weighted by atomic mass is 32.2. The minimum Gasteiger partial charge on any atom is -0.258 e. The van der Waals surface area contributed by atoms with Crippen LogP contribution in [0.4, 0.5) is 4.39 Å². The highest BCUT2D eigenvalue weighted by Crippen LogP contribution is 2.25. The SMILES string of the molecule is N#Cc1cccc(Sc2n[nH]c(-c3ccccc3F)n2)n1. The summed E-state index contributed by atoms with van der Waals surface area (Å²) in [7, 11) is 0. The van der Waals surface area contributed by atoms with Crippen LogP contribution in [0.2, 0.25) is 0 Å². The molecule has 0 amide bonds. The van der Waals surface area contributed by atoms with Crippen molar-refractivity contribution >= 4 is 11.8 Å². The molecule has 0 atom stereocenters. The molecule has 21 heavy (non-hydrogen) atoms. The van der Waals surface area contributed by atoms with Crippen molar-refractivity contribution in [3.8, 4) is 17.5 Å². The summed E-state index contributed by atoms with van der Waals surface area (Å²) in [6, 6.07) is 13.4. The Kier molecular flexibility index (Phi) is 3.62. The van der Waals surface area contributed by atoms with E-state index in [4.69, 9.17) is 5.26 Å². The average molecular weight is 297 g/mol. The van der Waals surface area contributed by atoms with E-state index in [-0.39, 0.29) is 5.82 Å². The molecule has 2 aromatic heterocycles. The van der Waals surface area contributed by atoms with Gasteiger partial charge in [-0.05, 0) is 36.0 Å². The van der Waals surface area contributed by atoms with E-state index in [1.165, 1.54) is 17.8 Å². The number of benzene rings is 1. The van der Waals surface area contributed by atoms with E-state index >= 15 is 0 Å². The molecule has 2 heterocycles. The van der Waals surface area contributed by atoms with Crippen molar-refractivity contribution in [2.24, 2.45) is 0 Å². The molecule has 0 unspecified atom stereocenters. The minimum atomic E-state index is -0.366. The number of rotatable bonds is 3. The van der Waals surface area contributed by atoms with Gasteiger partial charge in [-0.1, -0.05) is 18.2 Å². The van der Waals surface area contributed by atoms with Gasteiger partial charge in [0.1, 0.15) is 22.6 Å². The van der Waals surface area contributed by atoms with Crippen molar-refractivity contribution in [2.75, 3.05) is 0 Å². The van der Waals surface area contributed by atoms with Gasteiger partial charge in [0, 0.05) is 0 Å². The van der Waals surface area contributed by atoms with Crippen molar-refractivity contribution in [1.82, 2.24) is 20.2 Å². The molecule has 7 heteroatoms. The fourth-order valence-electron chi connectivity index (χ4n) is 1.69. The van der Waals surface area contributed by atoms with Crippen molar-refractivity contribution in [1.29, 1.82) is 5.26 Å². The molecule has 0 aliphatic carbocycles. The second kappa shape index (κ2) is 5.73. The summed E-state index contributed by atoms with van der Waals surface area (Å²) in [6.45, 7) is 0. The molecule has 0 fully saturated rings. The van der Waals surface area contributed by atoms with Crippen LogP contribution in [0.15, 0.2) is 52.6 Å². The topological polar surface area (TPSA) is 78.2 Å². The number of hydrogen-bond donors (Lipinski definition) is 1. The zero-order valence-electron chi connectivity index (χ0n) is 10.6. The second-order valence-electron chi connectivity index (χ2n) is 4.02. The van der Waals surface area contributed by atoms with Crippen LogP contribution in [-0.4, -0.2) is 20.2 Å². The highest BCUT2D eigenvalue weighted by Gasteiger charge is 2.11. The molecular weight excluding hydrogens is 289 g/mol. The van der Waals surface area contributed by atoms with E-state index in [1.54, 1.807) is 36.4 Å². The summed E-state index contributed by atoms with van der Waals surface area (Å²) in [4.78, 5) is 8.35. The number of nitriles is 1. The highest BCUT2D eigenvalue weighted by molar-refractivity contribution is 7.99. The van der Waals surface area contributed by atoms with Crippen molar-refractivity contribution < 1.29 is 4.39 Å². The lowest BCUT2D eigenvalue weighted by Crippen LogP contribution is -1.86. The first-order valence-electron chi connectivity index (χ1n) is 5.98. The molecule has 3 aromatic rings. The van der Waals surface area contributed by atoms with Gasteiger partial charge >= 0.3 is 0 Å². The van der Waals surface area contributed by atoms with Crippen molar-refractivity contribution in [2.45, 2.75) is 10.2 Å². The number of aromatic amines is 1. The Morgan fingerprint density at radius 3 is 2.76 bits per heavy atom. The van der Waals surface area contributed by atoms with Crippen molar-refractivity contribution in [3.63, 3.8) is 0 Å². The van der Waals surface area contributed by atoms with Crippen LogP contribution in [0.5, 0.6) is 0 Å². The van der Waals surface area contributed by atoms with Crippen molar-refractivity contribution in [3.05, 3.63) is 54.0 Å². The lowest BCUT2D eigenvalue weighted by atomic mass is 10.2. The average Bonchev–Trinajstić information content (AvgIpc) is 2.96. The van der Waals surface area contributed by atoms with E-state index in [0.29, 0.717) is 27.3 Å². The molecule has 0 aliphatic heterocycles. The van der Waals surface area contributed by atoms with Crippen LogP contribution in [0.25, 0.3) is 11.4 Å². The predicted octanol–water partition coefficient (Wildman–Crippen LogP) is 3.03. The predicted molar refractivity (Wildman–Crippen MR) is 74.9 cm³/mol. The van der Waals surface area contributed by atoms with Crippen LogP contribution in [0.3, 0.4) is 0 Å². The van der Waals surface area contributed by atoms with Gasteiger partial charge in [0.15, 0.2) is 5.82 Å². The van der Waals surface area contributed by atoms with Gasteiger partial charge < -0.3 is 0 Å². The van der Waals surface area contributed by atoms with Gasteiger partial charge in [0.2, 0.25) is 5.16 Å². The molecule has 0 bridgehead atoms. The Morgan fingerprint density at radius 1 is 1.10 bits per heavy atom. The molecule has 1 aromatic carbocycles. The number of pyridine rings is 1. The van der Waals surface area contributed by atoms with Crippen LogP contribution < -0.4 is 0 Å². The second-order valence-corrected chi connectivity index (χ2v) is 5.01. The van der Waals surface area contributed by atoms with Gasteiger partial charge in [-0.15, -0.1) is 5.10 Å². The van der Waals surface area contributed by atoms with Gasteiger partial charge in [0.25, 0.3) is 0 Å². The third-order valence-electron chi connectivity index (χ3n) is 2.63. The maximum atomic E-state index is 13.7. The number of aromatic nitrogens is 4. The van der Waals surface area contributed by atoms with Crippen LogP contribution in [0.1, 0.15) is 5.69 Å². The van der Waals surface area contributed by atoms with E-state index < -0.39 is 0 Å².